The summed E-state index contributed by atoms with van der Waals surface area (Å²) in [5, 5.41) is 3.40. The molecule has 0 saturated carbocycles. The molecule has 16 heavy (non-hydrogen) atoms. The van der Waals surface area contributed by atoms with Gasteiger partial charge in [0.2, 0.25) is 0 Å². The molecule has 3 heteroatoms. The molecule has 0 amide bonds. The average molecular weight is 288 g/mol. The van der Waals surface area contributed by atoms with E-state index in [1.54, 1.807) is 6.07 Å². The van der Waals surface area contributed by atoms with Gasteiger partial charge in [-0.3, -0.25) is 0 Å². The van der Waals surface area contributed by atoms with Crippen molar-refractivity contribution in [3.8, 4) is 0 Å². The smallest absolute Gasteiger partial charge is 0.126 e. The van der Waals surface area contributed by atoms with Crippen LogP contribution >= 0.6 is 15.9 Å². The predicted molar refractivity (Wildman–Crippen MR) is 70.2 cm³/mol. The fourth-order valence-corrected chi connectivity index (χ4v) is 2.13. The quantitative estimate of drug-likeness (QED) is 0.837. The molecule has 0 spiro atoms. The van der Waals surface area contributed by atoms with E-state index in [9.17, 15) is 4.39 Å². The molecule has 90 valence electrons. The summed E-state index contributed by atoms with van der Waals surface area (Å²) >= 11 is 3.35. The maximum atomic E-state index is 13.4. The van der Waals surface area contributed by atoms with Crippen molar-refractivity contribution < 1.29 is 4.39 Å². The first kappa shape index (κ1) is 13.7. The van der Waals surface area contributed by atoms with Gasteiger partial charge < -0.3 is 5.32 Å². The van der Waals surface area contributed by atoms with Gasteiger partial charge in [-0.15, -0.1) is 0 Å². The highest BCUT2D eigenvalue weighted by atomic mass is 79.9. The summed E-state index contributed by atoms with van der Waals surface area (Å²) in [6.45, 7) is 5.17. The van der Waals surface area contributed by atoms with Crippen LogP contribution in [0.5, 0.6) is 0 Å². The molecule has 1 unspecified atom stereocenters. The first-order chi connectivity index (χ1) is 7.63. The Bertz CT molecular complexity index is 328. The zero-order chi connectivity index (χ0) is 12.0. The van der Waals surface area contributed by atoms with Crippen molar-refractivity contribution in [1.29, 1.82) is 0 Å². The second-order valence-corrected chi connectivity index (χ2v) is 5.05. The second-order valence-electron chi connectivity index (χ2n) is 4.13. The Morgan fingerprint density at radius 3 is 2.88 bits per heavy atom. The molecule has 1 N–H and O–H groups in total. The molecule has 1 nitrogen and oxygen atoms in total. The lowest BCUT2D eigenvalue weighted by molar-refractivity contribution is 0.507. The molecule has 1 atom stereocenters. The van der Waals surface area contributed by atoms with Gasteiger partial charge in [-0.1, -0.05) is 29.3 Å². The molecule has 0 bridgehead atoms. The molecule has 1 aromatic carbocycles. The number of halogens is 2. The number of hydrogen-bond donors (Lipinski definition) is 1. The minimum Gasteiger partial charge on any atom is -0.314 e. The zero-order valence-electron chi connectivity index (χ0n) is 9.89. The molecule has 1 aromatic rings. The van der Waals surface area contributed by atoms with Gasteiger partial charge in [-0.05, 0) is 50.1 Å². The minimum absolute atomic E-state index is 0.117. The van der Waals surface area contributed by atoms with Crippen LogP contribution in [0.15, 0.2) is 22.7 Å². The van der Waals surface area contributed by atoms with Gasteiger partial charge in [-0.2, -0.15) is 0 Å². The second kappa shape index (κ2) is 7.02. The standard InChI is InChI=1S/C13H19BrFN/c1-3-4-10(2)16-8-7-11-9-12(14)5-6-13(11)15/h5-6,9-10,16H,3-4,7-8H2,1-2H3. The minimum atomic E-state index is -0.117. The highest BCUT2D eigenvalue weighted by Crippen LogP contribution is 2.15. The Hall–Kier alpha value is -0.410. The van der Waals surface area contributed by atoms with Crippen molar-refractivity contribution in [3.05, 3.63) is 34.1 Å². The van der Waals surface area contributed by atoms with Crippen molar-refractivity contribution in [2.24, 2.45) is 0 Å². The van der Waals surface area contributed by atoms with Crippen LogP contribution in [0.1, 0.15) is 32.3 Å². The van der Waals surface area contributed by atoms with Crippen LogP contribution in [0.25, 0.3) is 0 Å². The van der Waals surface area contributed by atoms with E-state index in [4.69, 9.17) is 0 Å². The molecule has 0 aliphatic rings. The van der Waals surface area contributed by atoms with Gasteiger partial charge in [0.25, 0.3) is 0 Å². The van der Waals surface area contributed by atoms with E-state index in [0.717, 1.165) is 23.0 Å². The maximum Gasteiger partial charge on any atom is 0.126 e. The van der Waals surface area contributed by atoms with E-state index in [1.807, 2.05) is 6.07 Å². The highest BCUT2D eigenvalue weighted by Gasteiger charge is 2.04. The molecule has 0 aliphatic carbocycles. The maximum absolute atomic E-state index is 13.4. The molecule has 0 saturated heterocycles. The van der Waals surface area contributed by atoms with Crippen molar-refractivity contribution in [2.75, 3.05) is 6.54 Å². The number of benzene rings is 1. The van der Waals surface area contributed by atoms with Gasteiger partial charge in [0.1, 0.15) is 5.82 Å². The van der Waals surface area contributed by atoms with Crippen molar-refractivity contribution in [1.82, 2.24) is 5.32 Å². The summed E-state index contributed by atoms with van der Waals surface area (Å²) in [5.41, 5.74) is 0.769. The lowest BCUT2D eigenvalue weighted by Crippen LogP contribution is -2.28. The predicted octanol–water partition coefficient (Wildman–Crippen LogP) is 3.91. The van der Waals surface area contributed by atoms with E-state index >= 15 is 0 Å². The van der Waals surface area contributed by atoms with Crippen LogP contribution < -0.4 is 5.32 Å². The fourth-order valence-electron chi connectivity index (χ4n) is 1.72. The Morgan fingerprint density at radius 1 is 1.44 bits per heavy atom. The van der Waals surface area contributed by atoms with E-state index in [2.05, 4.69) is 35.1 Å². The van der Waals surface area contributed by atoms with E-state index < -0.39 is 0 Å². The monoisotopic (exact) mass is 287 g/mol. The first-order valence-electron chi connectivity index (χ1n) is 5.80. The van der Waals surface area contributed by atoms with Crippen molar-refractivity contribution >= 4 is 15.9 Å². The molecule has 0 radical (unpaired) electrons. The van der Waals surface area contributed by atoms with Gasteiger partial charge in [0, 0.05) is 10.5 Å². The highest BCUT2D eigenvalue weighted by molar-refractivity contribution is 9.10. The molecular formula is C13H19BrFN. The van der Waals surface area contributed by atoms with Gasteiger partial charge in [-0.25, -0.2) is 4.39 Å². The number of nitrogens with one attached hydrogen (secondary N) is 1. The first-order valence-corrected chi connectivity index (χ1v) is 6.60. The summed E-state index contributed by atoms with van der Waals surface area (Å²) in [6, 6.07) is 5.60. The van der Waals surface area contributed by atoms with Gasteiger partial charge >= 0.3 is 0 Å². The molecule has 0 fully saturated rings. The summed E-state index contributed by atoms with van der Waals surface area (Å²) in [4.78, 5) is 0. The van der Waals surface area contributed by atoms with Crippen molar-refractivity contribution in [2.45, 2.75) is 39.2 Å². The summed E-state index contributed by atoms with van der Waals surface area (Å²) in [6.07, 6.45) is 3.08. The zero-order valence-corrected chi connectivity index (χ0v) is 11.5. The van der Waals surface area contributed by atoms with E-state index in [0.29, 0.717) is 6.04 Å². The van der Waals surface area contributed by atoms with Gasteiger partial charge in [0.05, 0.1) is 0 Å². The van der Waals surface area contributed by atoms with Crippen LogP contribution in [0.4, 0.5) is 4.39 Å². The normalized spacial score (nSPS) is 12.8. The fraction of sp³-hybridized carbons (Fsp3) is 0.538. The van der Waals surface area contributed by atoms with E-state index in [-0.39, 0.29) is 5.82 Å². The molecule has 1 rings (SSSR count). The summed E-state index contributed by atoms with van der Waals surface area (Å²) in [5.74, 6) is -0.117. The third-order valence-electron chi connectivity index (χ3n) is 2.62. The molecule has 0 aliphatic heterocycles. The SMILES string of the molecule is CCCC(C)NCCc1cc(Br)ccc1F. The van der Waals surface area contributed by atoms with Crippen LogP contribution in [-0.2, 0) is 6.42 Å². The Labute approximate surface area is 106 Å². The van der Waals surface area contributed by atoms with Crippen LogP contribution in [0.2, 0.25) is 0 Å². The Balaban J connectivity index is 2.39. The Kier molecular flexibility index (Phi) is 5.99. The average Bonchev–Trinajstić information content (AvgIpc) is 2.23. The van der Waals surface area contributed by atoms with E-state index in [1.165, 1.54) is 18.9 Å². The molecular weight excluding hydrogens is 269 g/mol. The van der Waals surface area contributed by atoms with Crippen LogP contribution in [-0.4, -0.2) is 12.6 Å². The van der Waals surface area contributed by atoms with Crippen molar-refractivity contribution in [3.63, 3.8) is 0 Å². The number of rotatable bonds is 6. The summed E-state index contributed by atoms with van der Waals surface area (Å²) < 4.78 is 14.3. The third kappa shape index (κ3) is 4.62. The largest absolute Gasteiger partial charge is 0.314 e. The number of hydrogen-bond acceptors (Lipinski definition) is 1. The van der Waals surface area contributed by atoms with Gasteiger partial charge in [0.15, 0.2) is 0 Å². The molecule has 0 heterocycles. The molecule has 0 aromatic heterocycles. The van der Waals surface area contributed by atoms with Crippen LogP contribution in [0, 0.1) is 5.82 Å². The Morgan fingerprint density at radius 2 is 2.19 bits per heavy atom. The lowest BCUT2D eigenvalue weighted by Gasteiger charge is -2.12. The van der Waals surface area contributed by atoms with Crippen LogP contribution in [0.3, 0.4) is 0 Å². The third-order valence-corrected chi connectivity index (χ3v) is 3.11. The topological polar surface area (TPSA) is 12.0 Å². The lowest BCUT2D eigenvalue weighted by atomic mass is 10.1. The summed E-state index contributed by atoms with van der Waals surface area (Å²) in [7, 11) is 0.